The number of hydrogen-bond acceptors (Lipinski definition) is 8. The fourth-order valence-corrected chi connectivity index (χ4v) is 3.60. The van der Waals surface area contributed by atoms with E-state index in [1.807, 2.05) is 31.4 Å². The molecule has 0 aromatic carbocycles. The number of thiazole rings is 1. The van der Waals surface area contributed by atoms with Gasteiger partial charge in [-0.25, -0.2) is 4.98 Å². The van der Waals surface area contributed by atoms with Crippen LogP contribution in [-0.2, 0) is 5.60 Å². The molecule has 0 aliphatic heterocycles. The molecule has 0 aliphatic carbocycles. The van der Waals surface area contributed by atoms with Crippen molar-refractivity contribution < 1.29 is 5.11 Å². The number of rotatable bonds is 4. The van der Waals surface area contributed by atoms with Crippen LogP contribution < -0.4 is 5.32 Å². The van der Waals surface area contributed by atoms with Crippen molar-refractivity contribution in [3.8, 4) is 0 Å². The second kappa shape index (κ2) is 5.71. The Kier molecular flexibility index (Phi) is 3.90. The van der Waals surface area contributed by atoms with E-state index in [1.165, 1.54) is 22.7 Å². The molecule has 0 spiro atoms. The largest absolute Gasteiger partial charge is 0.376 e. The Hall–Kier alpha value is -1.90. The first-order valence-electron chi connectivity index (χ1n) is 6.64. The van der Waals surface area contributed by atoms with Crippen LogP contribution in [0.15, 0.2) is 23.7 Å². The number of nitrogens with zero attached hydrogens (tertiary/aromatic N) is 4. The first-order valence-corrected chi connectivity index (χ1v) is 8.34. The Labute approximate surface area is 135 Å². The molecular weight excluding hydrogens is 318 g/mol. The molecule has 6 nitrogen and oxygen atoms in total. The normalized spacial score (nSPS) is 13.8. The van der Waals surface area contributed by atoms with Gasteiger partial charge in [0.25, 0.3) is 0 Å². The number of aryl methyl sites for hydroxylation is 2. The van der Waals surface area contributed by atoms with Crippen molar-refractivity contribution in [1.82, 2.24) is 20.2 Å². The van der Waals surface area contributed by atoms with Crippen molar-refractivity contribution >= 4 is 33.5 Å². The monoisotopic (exact) mass is 333 g/mol. The molecule has 0 aliphatic rings. The van der Waals surface area contributed by atoms with E-state index in [2.05, 4.69) is 25.5 Å². The molecule has 0 fully saturated rings. The third kappa shape index (κ3) is 2.85. The van der Waals surface area contributed by atoms with E-state index < -0.39 is 5.60 Å². The van der Waals surface area contributed by atoms with Crippen LogP contribution in [0.4, 0.5) is 10.8 Å². The molecule has 0 amide bonds. The van der Waals surface area contributed by atoms with E-state index in [9.17, 15) is 5.11 Å². The van der Waals surface area contributed by atoms with E-state index in [4.69, 9.17) is 0 Å². The lowest BCUT2D eigenvalue weighted by molar-refractivity contribution is 0.101. The minimum absolute atomic E-state index is 0.505. The van der Waals surface area contributed by atoms with Crippen molar-refractivity contribution in [2.75, 3.05) is 5.32 Å². The summed E-state index contributed by atoms with van der Waals surface area (Å²) in [6.07, 6.45) is 1.74. The second-order valence-corrected chi connectivity index (χ2v) is 6.88. The third-order valence-corrected chi connectivity index (χ3v) is 5.35. The summed E-state index contributed by atoms with van der Waals surface area (Å²) in [5.41, 5.74) is 1.39. The van der Waals surface area contributed by atoms with Crippen LogP contribution in [0, 0.1) is 13.8 Å². The minimum Gasteiger partial charge on any atom is -0.376 e. The molecule has 1 atom stereocenters. The number of aromatic nitrogens is 4. The molecular formula is C14H15N5OS2. The van der Waals surface area contributed by atoms with Crippen molar-refractivity contribution in [2.45, 2.75) is 26.4 Å². The molecule has 1 unspecified atom stereocenters. The smallest absolute Gasteiger partial charge is 0.210 e. The topological polar surface area (TPSA) is 83.8 Å². The molecule has 3 rings (SSSR count). The van der Waals surface area contributed by atoms with Gasteiger partial charge in [0.1, 0.15) is 5.01 Å². The van der Waals surface area contributed by atoms with Gasteiger partial charge in [0.2, 0.25) is 5.13 Å². The average Bonchev–Trinajstić information content (AvgIpc) is 3.11. The van der Waals surface area contributed by atoms with Crippen molar-refractivity contribution in [3.63, 3.8) is 0 Å². The molecule has 22 heavy (non-hydrogen) atoms. The lowest BCUT2D eigenvalue weighted by Gasteiger charge is -2.16. The predicted octanol–water partition coefficient (Wildman–Crippen LogP) is 3.01. The van der Waals surface area contributed by atoms with Gasteiger partial charge < -0.3 is 10.4 Å². The van der Waals surface area contributed by atoms with Crippen LogP contribution in [0.2, 0.25) is 0 Å². The van der Waals surface area contributed by atoms with Gasteiger partial charge in [0, 0.05) is 17.3 Å². The highest BCUT2D eigenvalue weighted by Crippen LogP contribution is 2.35. The maximum Gasteiger partial charge on any atom is 0.210 e. The van der Waals surface area contributed by atoms with Crippen LogP contribution >= 0.6 is 22.7 Å². The van der Waals surface area contributed by atoms with E-state index in [0.29, 0.717) is 15.1 Å². The van der Waals surface area contributed by atoms with Crippen molar-refractivity contribution in [2.24, 2.45) is 0 Å². The molecule has 114 valence electrons. The van der Waals surface area contributed by atoms with Gasteiger partial charge in [0.15, 0.2) is 10.6 Å². The quantitative estimate of drug-likeness (QED) is 0.763. The zero-order valence-corrected chi connectivity index (χ0v) is 14.0. The summed E-state index contributed by atoms with van der Waals surface area (Å²) in [4.78, 5) is 8.56. The van der Waals surface area contributed by atoms with E-state index in [0.717, 1.165) is 17.1 Å². The molecule has 3 heterocycles. The van der Waals surface area contributed by atoms with Gasteiger partial charge >= 0.3 is 0 Å². The third-order valence-electron chi connectivity index (χ3n) is 3.13. The van der Waals surface area contributed by atoms with Crippen LogP contribution in [0.1, 0.15) is 28.3 Å². The highest BCUT2D eigenvalue weighted by Gasteiger charge is 2.33. The maximum absolute atomic E-state index is 10.7. The molecule has 0 bridgehead atoms. The van der Waals surface area contributed by atoms with Crippen molar-refractivity contribution in [3.05, 3.63) is 45.1 Å². The molecule has 0 saturated heterocycles. The summed E-state index contributed by atoms with van der Waals surface area (Å²) in [6.45, 7) is 5.50. The summed E-state index contributed by atoms with van der Waals surface area (Å²) < 4.78 is 0. The Morgan fingerprint density at radius 3 is 2.73 bits per heavy atom. The average molecular weight is 333 g/mol. The summed E-state index contributed by atoms with van der Waals surface area (Å²) >= 11 is 2.72. The number of nitrogens with one attached hydrogen (secondary N) is 1. The minimum atomic E-state index is -1.24. The van der Waals surface area contributed by atoms with E-state index in [1.54, 1.807) is 13.1 Å². The Balaban J connectivity index is 1.86. The van der Waals surface area contributed by atoms with Gasteiger partial charge in [0.05, 0.1) is 11.4 Å². The zero-order chi connectivity index (χ0) is 15.7. The number of hydrogen-bond donors (Lipinski definition) is 2. The number of anilines is 2. The first-order chi connectivity index (χ1) is 10.5. The molecule has 3 aromatic heterocycles. The fourth-order valence-electron chi connectivity index (χ4n) is 1.87. The Morgan fingerprint density at radius 2 is 2.05 bits per heavy atom. The summed E-state index contributed by atoms with van der Waals surface area (Å²) in [5.74, 6) is 0. The van der Waals surface area contributed by atoms with Gasteiger partial charge in [-0.2, -0.15) is 0 Å². The van der Waals surface area contributed by atoms with Gasteiger partial charge in [-0.05, 0) is 32.9 Å². The first kappa shape index (κ1) is 15.0. The van der Waals surface area contributed by atoms with E-state index in [-0.39, 0.29) is 0 Å². The van der Waals surface area contributed by atoms with Crippen LogP contribution in [0.25, 0.3) is 0 Å². The SMILES string of the molecule is Cc1csc(C(C)(O)c2nnc(Nc3cccnc3C)s2)n1. The highest BCUT2D eigenvalue weighted by molar-refractivity contribution is 7.15. The van der Waals surface area contributed by atoms with Gasteiger partial charge in [-0.15, -0.1) is 21.5 Å². The summed E-state index contributed by atoms with van der Waals surface area (Å²) in [7, 11) is 0. The van der Waals surface area contributed by atoms with Crippen molar-refractivity contribution in [1.29, 1.82) is 0 Å². The standard InChI is InChI=1S/C14H15N5OS2/c1-8-7-21-11(16-8)14(3,20)12-18-19-13(22-12)17-10-5-4-6-15-9(10)2/h4-7,20H,1-3H3,(H,17,19). The van der Waals surface area contributed by atoms with Gasteiger partial charge in [-0.3, -0.25) is 4.98 Å². The fraction of sp³-hybridized carbons (Fsp3) is 0.286. The van der Waals surface area contributed by atoms with Crippen LogP contribution in [-0.4, -0.2) is 25.3 Å². The molecule has 3 aromatic rings. The predicted molar refractivity (Wildman–Crippen MR) is 87.7 cm³/mol. The zero-order valence-electron chi connectivity index (χ0n) is 12.4. The van der Waals surface area contributed by atoms with E-state index >= 15 is 0 Å². The number of aliphatic hydroxyl groups is 1. The lowest BCUT2D eigenvalue weighted by Crippen LogP contribution is -2.22. The summed E-state index contributed by atoms with van der Waals surface area (Å²) in [6, 6.07) is 3.78. The highest BCUT2D eigenvalue weighted by atomic mass is 32.1. The molecule has 0 saturated carbocycles. The van der Waals surface area contributed by atoms with Crippen LogP contribution in [0.3, 0.4) is 0 Å². The molecule has 8 heteroatoms. The Bertz CT molecular complexity index is 796. The maximum atomic E-state index is 10.7. The second-order valence-electron chi connectivity index (χ2n) is 5.04. The van der Waals surface area contributed by atoms with Gasteiger partial charge in [-0.1, -0.05) is 11.3 Å². The molecule has 2 N–H and O–H groups in total. The van der Waals surface area contributed by atoms with Crippen LogP contribution in [0.5, 0.6) is 0 Å². The summed E-state index contributed by atoms with van der Waals surface area (Å²) in [5, 5.41) is 25.7. The Morgan fingerprint density at radius 1 is 1.23 bits per heavy atom. The lowest BCUT2D eigenvalue weighted by atomic mass is 10.1. The molecule has 0 radical (unpaired) electrons. The number of pyridine rings is 1.